The first-order valence-electron chi connectivity index (χ1n) is 5.78. The molecule has 90 valence electrons. The fourth-order valence-electron chi connectivity index (χ4n) is 1.83. The molecule has 2 heterocycles. The number of hydrogen-bond acceptors (Lipinski definition) is 4. The van der Waals surface area contributed by atoms with Gasteiger partial charge in [0.15, 0.2) is 12.0 Å². The van der Waals surface area contributed by atoms with Crippen LogP contribution in [-0.2, 0) is 0 Å². The maximum Gasteiger partial charge on any atom is 0.181 e. The second-order valence-electron chi connectivity index (χ2n) is 3.90. The van der Waals surface area contributed by atoms with E-state index in [1.54, 1.807) is 0 Å². The molecule has 3 aromatic rings. The van der Waals surface area contributed by atoms with Gasteiger partial charge in [0.25, 0.3) is 0 Å². The number of benzene rings is 2. The van der Waals surface area contributed by atoms with E-state index in [1.807, 2.05) is 36.4 Å². The molecule has 0 atom stereocenters. The van der Waals surface area contributed by atoms with Crippen LogP contribution in [-0.4, -0.2) is 11.7 Å². The molecule has 0 unspecified atom stereocenters. The summed E-state index contributed by atoms with van der Waals surface area (Å²) in [6.07, 6.45) is 1.45. The molecule has 0 saturated carbocycles. The Labute approximate surface area is 105 Å². The van der Waals surface area contributed by atoms with Crippen LogP contribution in [0.3, 0.4) is 0 Å². The Morgan fingerprint density at radius 3 is 2.28 bits per heavy atom. The number of nitrogens with one attached hydrogen (secondary N) is 2. The van der Waals surface area contributed by atoms with Crippen molar-refractivity contribution in [3.63, 3.8) is 0 Å². The summed E-state index contributed by atoms with van der Waals surface area (Å²) in [6, 6.07) is 15.8. The number of aromatic nitrogens is 1. The molecule has 2 aromatic carbocycles. The van der Waals surface area contributed by atoms with Gasteiger partial charge in [0.1, 0.15) is 5.52 Å². The van der Waals surface area contributed by atoms with E-state index in [1.165, 1.54) is 17.8 Å². The molecule has 0 fully saturated rings. The zero-order chi connectivity index (χ0) is 12.2. The largest absolute Gasteiger partial charge is 0.443 e. The molecule has 0 saturated heterocycles. The lowest BCUT2D eigenvalue weighted by atomic mass is 10.3. The molecule has 4 nitrogen and oxygen atoms in total. The molecule has 0 bridgehead atoms. The van der Waals surface area contributed by atoms with Crippen LogP contribution >= 0.6 is 0 Å². The van der Waals surface area contributed by atoms with Crippen molar-refractivity contribution in [2.75, 3.05) is 17.3 Å². The summed E-state index contributed by atoms with van der Waals surface area (Å²) in [5.74, 6) is 0. The van der Waals surface area contributed by atoms with Crippen molar-refractivity contribution in [3.8, 4) is 0 Å². The minimum Gasteiger partial charge on any atom is -0.443 e. The first-order chi connectivity index (χ1) is 8.93. The van der Waals surface area contributed by atoms with Gasteiger partial charge in [-0.1, -0.05) is 24.3 Å². The summed E-state index contributed by atoms with van der Waals surface area (Å²) in [6.45, 7) is 0.860. The number of anilines is 2. The van der Waals surface area contributed by atoms with Gasteiger partial charge in [-0.05, 0) is 24.3 Å². The fraction of sp³-hybridized carbons (Fsp3) is 0.0714. The highest BCUT2D eigenvalue weighted by Gasteiger charge is 2.04. The first kappa shape index (κ1) is 10.7. The summed E-state index contributed by atoms with van der Waals surface area (Å²) >= 11 is 0. The molecule has 0 radical (unpaired) electrons. The van der Waals surface area contributed by atoms with Crippen molar-refractivity contribution in [2.24, 2.45) is 0 Å². The Hall–Kier alpha value is -2.49. The molecule has 1 aliphatic rings. The summed E-state index contributed by atoms with van der Waals surface area (Å²) in [5, 5.41) is 6.38. The highest BCUT2D eigenvalue weighted by atomic mass is 16.3. The molecule has 4 rings (SSSR count). The van der Waals surface area contributed by atoms with Gasteiger partial charge < -0.3 is 15.1 Å². The van der Waals surface area contributed by atoms with Gasteiger partial charge in [-0.2, -0.15) is 0 Å². The summed E-state index contributed by atoms with van der Waals surface area (Å²) in [4.78, 5) is 3.95. The normalized spacial score (nSPS) is 12.0. The summed E-state index contributed by atoms with van der Waals surface area (Å²) < 4.78 is 5.01. The van der Waals surface area contributed by atoms with E-state index in [2.05, 4.69) is 27.8 Å². The predicted octanol–water partition coefficient (Wildman–Crippen LogP) is 3.31. The van der Waals surface area contributed by atoms with Gasteiger partial charge in [-0.15, -0.1) is 0 Å². The van der Waals surface area contributed by atoms with Gasteiger partial charge in [0.2, 0.25) is 0 Å². The Morgan fingerprint density at radius 2 is 1.56 bits per heavy atom. The maximum atomic E-state index is 5.01. The van der Waals surface area contributed by atoms with Crippen molar-refractivity contribution in [3.05, 3.63) is 54.9 Å². The second kappa shape index (κ2) is 4.79. The predicted molar refractivity (Wildman–Crippen MR) is 72.6 cm³/mol. The lowest BCUT2D eigenvalue weighted by molar-refractivity contribution is 0.602. The van der Waals surface area contributed by atoms with Crippen LogP contribution in [0, 0.1) is 0 Å². The number of fused-ring (bicyclic) bond motifs is 2. The third-order valence-corrected chi connectivity index (χ3v) is 2.72. The molecule has 0 amide bonds. The van der Waals surface area contributed by atoms with Crippen LogP contribution in [0.5, 0.6) is 0 Å². The van der Waals surface area contributed by atoms with E-state index in [9.17, 15) is 0 Å². The van der Waals surface area contributed by atoms with Crippen LogP contribution in [0.25, 0.3) is 11.1 Å². The van der Waals surface area contributed by atoms with Crippen LogP contribution in [0.1, 0.15) is 0 Å². The molecular formula is C14H13N3O. The number of para-hydroxylation sites is 4. The standard InChI is InChI=1S/C7H8N2.C7H5NO/c2*1-2-4-7-6(3-1)8-5-9-7/h1-4,8-9H,5H2;1-5H. The lowest BCUT2D eigenvalue weighted by Crippen LogP contribution is -1.98. The van der Waals surface area contributed by atoms with Gasteiger partial charge in [0.05, 0.1) is 18.0 Å². The molecule has 4 heteroatoms. The van der Waals surface area contributed by atoms with Crippen molar-refractivity contribution in [1.29, 1.82) is 0 Å². The zero-order valence-electron chi connectivity index (χ0n) is 9.76. The highest BCUT2D eigenvalue weighted by Crippen LogP contribution is 2.23. The average Bonchev–Trinajstić information content (AvgIpc) is 3.08. The van der Waals surface area contributed by atoms with E-state index in [4.69, 9.17) is 4.42 Å². The third-order valence-electron chi connectivity index (χ3n) is 2.72. The van der Waals surface area contributed by atoms with Crippen molar-refractivity contribution >= 4 is 22.5 Å². The van der Waals surface area contributed by atoms with Crippen molar-refractivity contribution in [1.82, 2.24) is 4.98 Å². The van der Waals surface area contributed by atoms with E-state index in [0.29, 0.717) is 0 Å². The van der Waals surface area contributed by atoms with Gasteiger partial charge in [0, 0.05) is 0 Å². The quantitative estimate of drug-likeness (QED) is 0.632. The third kappa shape index (κ3) is 2.13. The SMILES string of the molecule is c1ccc2c(c1)NCN2.c1ccc2ocnc2c1. The maximum absolute atomic E-state index is 5.01. The number of oxazole rings is 1. The fourth-order valence-corrected chi connectivity index (χ4v) is 1.83. The Bertz CT molecular complexity index is 595. The molecule has 2 N–H and O–H groups in total. The molecular weight excluding hydrogens is 226 g/mol. The molecule has 0 aliphatic carbocycles. The van der Waals surface area contributed by atoms with Crippen molar-refractivity contribution < 1.29 is 4.42 Å². The number of nitrogens with zero attached hydrogens (tertiary/aromatic N) is 1. The van der Waals surface area contributed by atoms with Gasteiger partial charge in [-0.3, -0.25) is 0 Å². The van der Waals surface area contributed by atoms with Gasteiger partial charge >= 0.3 is 0 Å². The Balaban J connectivity index is 0.000000111. The van der Waals surface area contributed by atoms with E-state index >= 15 is 0 Å². The number of rotatable bonds is 0. The lowest BCUT2D eigenvalue weighted by Gasteiger charge is -1.93. The van der Waals surface area contributed by atoms with Crippen LogP contribution in [0.15, 0.2) is 59.3 Å². The molecule has 1 aliphatic heterocycles. The number of hydrogen-bond donors (Lipinski definition) is 2. The van der Waals surface area contributed by atoms with E-state index in [0.717, 1.165) is 17.8 Å². The highest BCUT2D eigenvalue weighted by molar-refractivity contribution is 5.72. The van der Waals surface area contributed by atoms with Crippen LogP contribution in [0.4, 0.5) is 11.4 Å². The summed E-state index contributed by atoms with van der Waals surface area (Å²) in [5.41, 5.74) is 4.17. The smallest absolute Gasteiger partial charge is 0.181 e. The molecule has 18 heavy (non-hydrogen) atoms. The van der Waals surface area contributed by atoms with Crippen LogP contribution in [0.2, 0.25) is 0 Å². The molecule has 1 aromatic heterocycles. The second-order valence-corrected chi connectivity index (χ2v) is 3.90. The van der Waals surface area contributed by atoms with E-state index in [-0.39, 0.29) is 0 Å². The zero-order valence-corrected chi connectivity index (χ0v) is 9.76. The van der Waals surface area contributed by atoms with Gasteiger partial charge in [-0.25, -0.2) is 4.98 Å². The minimum absolute atomic E-state index is 0.845. The Kier molecular flexibility index (Phi) is 2.84. The van der Waals surface area contributed by atoms with E-state index < -0.39 is 0 Å². The Morgan fingerprint density at radius 1 is 0.889 bits per heavy atom. The monoisotopic (exact) mass is 239 g/mol. The topological polar surface area (TPSA) is 50.1 Å². The summed E-state index contributed by atoms with van der Waals surface area (Å²) in [7, 11) is 0. The minimum atomic E-state index is 0.845. The van der Waals surface area contributed by atoms with Crippen molar-refractivity contribution in [2.45, 2.75) is 0 Å². The first-order valence-corrected chi connectivity index (χ1v) is 5.78. The van der Waals surface area contributed by atoms with Crippen LogP contribution < -0.4 is 10.6 Å². The average molecular weight is 239 g/mol. The molecule has 0 spiro atoms.